The van der Waals surface area contributed by atoms with E-state index in [1.165, 1.54) is 12.1 Å². The van der Waals surface area contributed by atoms with Crippen molar-refractivity contribution in [1.82, 2.24) is 4.72 Å². The second kappa shape index (κ2) is 6.65. The summed E-state index contributed by atoms with van der Waals surface area (Å²) in [6.45, 7) is 1.94. The monoisotopic (exact) mass is 308 g/mol. The fourth-order valence-electron chi connectivity index (χ4n) is 1.46. The first-order valence-electron chi connectivity index (χ1n) is 5.47. The van der Waals surface area contributed by atoms with Crippen LogP contribution in [0.4, 0.5) is 5.69 Å². The van der Waals surface area contributed by atoms with E-state index >= 15 is 0 Å². The van der Waals surface area contributed by atoms with Gasteiger partial charge < -0.3 is 5.73 Å². The van der Waals surface area contributed by atoms with Crippen LogP contribution in [-0.2, 0) is 10.0 Å². The molecule has 102 valence electrons. The van der Waals surface area contributed by atoms with E-state index in [4.69, 9.17) is 17.3 Å². The van der Waals surface area contributed by atoms with E-state index in [1.54, 1.807) is 17.8 Å². The fourth-order valence-corrected chi connectivity index (χ4v) is 4.00. The third-order valence-electron chi connectivity index (χ3n) is 2.45. The topological polar surface area (TPSA) is 72.2 Å². The molecule has 18 heavy (non-hydrogen) atoms. The van der Waals surface area contributed by atoms with Gasteiger partial charge in [0.05, 0.1) is 5.69 Å². The Morgan fingerprint density at radius 1 is 1.50 bits per heavy atom. The van der Waals surface area contributed by atoms with E-state index in [1.807, 2.05) is 13.2 Å². The highest BCUT2D eigenvalue weighted by Gasteiger charge is 2.21. The first kappa shape index (κ1) is 15.6. The van der Waals surface area contributed by atoms with E-state index in [0.717, 1.165) is 12.2 Å². The lowest BCUT2D eigenvalue weighted by molar-refractivity contribution is 0.558. The van der Waals surface area contributed by atoms with Crippen LogP contribution in [0.1, 0.15) is 13.3 Å². The molecule has 0 saturated carbocycles. The fraction of sp³-hybridized carbons (Fsp3) is 0.455. The van der Waals surface area contributed by atoms with Crippen molar-refractivity contribution in [2.24, 2.45) is 0 Å². The molecule has 0 aliphatic carbocycles. The van der Waals surface area contributed by atoms with Gasteiger partial charge in [-0.2, -0.15) is 11.8 Å². The Hall–Kier alpha value is -0.430. The Balaban J connectivity index is 3.02. The van der Waals surface area contributed by atoms with Crippen LogP contribution in [-0.4, -0.2) is 26.5 Å². The van der Waals surface area contributed by atoms with Crippen LogP contribution in [0.2, 0.25) is 5.02 Å². The highest BCUT2D eigenvalue weighted by molar-refractivity contribution is 7.98. The van der Waals surface area contributed by atoms with E-state index in [9.17, 15) is 8.42 Å². The number of hydrogen-bond acceptors (Lipinski definition) is 4. The molecule has 1 aromatic carbocycles. The molecule has 0 saturated heterocycles. The minimum atomic E-state index is -3.62. The normalized spacial score (nSPS) is 13.5. The van der Waals surface area contributed by atoms with E-state index in [2.05, 4.69) is 4.72 Å². The van der Waals surface area contributed by atoms with Gasteiger partial charge in [0.25, 0.3) is 0 Å². The number of benzene rings is 1. The van der Waals surface area contributed by atoms with Crippen molar-refractivity contribution in [1.29, 1.82) is 0 Å². The number of nitrogen functional groups attached to an aromatic ring is 1. The van der Waals surface area contributed by atoms with Gasteiger partial charge in [-0.05, 0) is 30.9 Å². The zero-order valence-electron chi connectivity index (χ0n) is 10.3. The number of nitrogens with one attached hydrogen (secondary N) is 1. The Morgan fingerprint density at radius 2 is 2.17 bits per heavy atom. The molecule has 0 bridgehead atoms. The first-order chi connectivity index (χ1) is 8.40. The smallest absolute Gasteiger partial charge is 0.242 e. The number of nitrogens with two attached hydrogens (primary N) is 1. The van der Waals surface area contributed by atoms with Crippen LogP contribution in [0.3, 0.4) is 0 Å². The molecule has 3 N–H and O–H groups in total. The molecule has 0 aromatic heterocycles. The van der Waals surface area contributed by atoms with E-state index < -0.39 is 10.0 Å². The van der Waals surface area contributed by atoms with Crippen molar-refractivity contribution in [2.75, 3.05) is 17.7 Å². The number of halogens is 1. The maximum Gasteiger partial charge on any atom is 0.242 e. The van der Waals surface area contributed by atoms with Gasteiger partial charge in [0.15, 0.2) is 0 Å². The van der Waals surface area contributed by atoms with Gasteiger partial charge in [-0.3, -0.25) is 0 Å². The lowest BCUT2D eigenvalue weighted by atomic mass is 10.3. The van der Waals surface area contributed by atoms with E-state index in [-0.39, 0.29) is 16.6 Å². The summed E-state index contributed by atoms with van der Waals surface area (Å²) >= 11 is 7.40. The molecule has 0 aliphatic rings. The lowest BCUT2D eigenvalue weighted by Gasteiger charge is -2.16. The SMILES string of the molecule is CCC(CSC)NS(=O)(=O)c1cc(Cl)ccc1N. The largest absolute Gasteiger partial charge is 0.398 e. The van der Waals surface area contributed by atoms with Gasteiger partial charge in [-0.15, -0.1) is 0 Å². The summed E-state index contributed by atoms with van der Waals surface area (Å²) in [4.78, 5) is 0.0366. The Morgan fingerprint density at radius 3 is 2.72 bits per heavy atom. The molecule has 7 heteroatoms. The molecule has 0 radical (unpaired) electrons. The molecule has 0 amide bonds. The number of thioether (sulfide) groups is 1. The quantitative estimate of drug-likeness (QED) is 0.791. The minimum absolute atomic E-state index is 0.0366. The molecular weight excluding hydrogens is 292 g/mol. The van der Waals surface area contributed by atoms with Crippen LogP contribution >= 0.6 is 23.4 Å². The van der Waals surface area contributed by atoms with Crippen molar-refractivity contribution in [2.45, 2.75) is 24.3 Å². The highest BCUT2D eigenvalue weighted by Crippen LogP contribution is 2.23. The molecule has 1 unspecified atom stereocenters. The molecule has 4 nitrogen and oxygen atoms in total. The maximum absolute atomic E-state index is 12.2. The van der Waals surface area contributed by atoms with Crippen LogP contribution in [0.15, 0.2) is 23.1 Å². The summed E-state index contributed by atoms with van der Waals surface area (Å²) in [7, 11) is -3.62. The number of anilines is 1. The Labute approximate surface area is 117 Å². The van der Waals surface area contributed by atoms with Crippen molar-refractivity contribution in [3.63, 3.8) is 0 Å². The number of sulfonamides is 1. The summed E-state index contributed by atoms with van der Waals surface area (Å²) in [5.74, 6) is 0.718. The van der Waals surface area contributed by atoms with Gasteiger partial charge in [0, 0.05) is 16.8 Å². The molecule has 1 aromatic rings. The second-order valence-electron chi connectivity index (χ2n) is 3.86. The van der Waals surface area contributed by atoms with E-state index in [0.29, 0.717) is 5.02 Å². The summed E-state index contributed by atoms with van der Waals surface area (Å²) in [5.41, 5.74) is 5.88. The van der Waals surface area contributed by atoms with Gasteiger partial charge in [0.1, 0.15) is 4.90 Å². The first-order valence-corrected chi connectivity index (χ1v) is 8.72. The van der Waals surface area contributed by atoms with Gasteiger partial charge in [-0.25, -0.2) is 13.1 Å². The van der Waals surface area contributed by atoms with Crippen LogP contribution in [0, 0.1) is 0 Å². The second-order valence-corrected chi connectivity index (χ2v) is 6.89. The lowest BCUT2D eigenvalue weighted by Crippen LogP contribution is -2.36. The van der Waals surface area contributed by atoms with Crippen molar-refractivity contribution >= 4 is 39.1 Å². The minimum Gasteiger partial charge on any atom is -0.398 e. The van der Waals surface area contributed by atoms with Crippen molar-refractivity contribution < 1.29 is 8.42 Å². The maximum atomic E-state index is 12.2. The number of hydrogen-bond donors (Lipinski definition) is 2. The van der Waals surface area contributed by atoms with Crippen molar-refractivity contribution in [3.8, 4) is 0 Å². The molecule has 1 atom stereocenters. The summed E-state index contributed by atoms with van der Waals surface area (Å²) in [5, 5.41) is 0.350. The standard InChI is InChI=1S/C11H17ClN2O2S2/c1-3-9(7-17-2)14-18(15,16)11-6-8(12)4-5-10(11)13/h4-6,9,14H,3,7,13H2,1-2H3. The molecular formula is C11H17ClN2O2S2. The molecule has 0 heterocycles. The highest BCUT2D eigenvalue weighted by atomic mass is 35.5. The van der Waals surface area contributed by atoms with Crippen LogP contribution in [0.5, 0.6) is 0 Å². The predicted molar refractivity (Wildman–Crippen MR) is 78.6 cm³/mol. The zero-order valence-corrected chi connectivity index (χ0v) is 12.7. The zero-order chi connectivity index (χ0) is 13.8. The molecule has 0 fully saturated rings. The van der Waals surface area contributed by atoms with Crippen LogP contribution < -0.4 is 10.5 Å². The average Bonchev–Trinajstić information content (AvgIpc) is 2.31. The van der Waals surface area contributed by atoms with Gasteiger partial charge in [0.2, 0.25) is 10.0 Å². The molecule has 0 aliphatic heterocycles. The summed E-state index contributed by atoms with van der Waals surface area (Å²) < 4.78 is 27.0. The summed E-state index contributed by atoms with van der Waals surface area (Å²) in [6.07, 6.45) is 2.66. The third-order valence-corrected chi connectivity index (χ3v) is 4.99. The van der Waals surface area contributed by atoms with Crippen LogP contribution in [0.25, 0.3) is 0 Å². The molecule has 1 rings (SSSR count). The Bertz CT molecular complexity index is 506. The predicted octanol–water partition coefficient (Wildman–Crippen LogP) is 2.34. The van der Waals surface area contributed by atoms with Gasteiger partial charge >= 0.3 is 0 Å². The van der Waals surface area contributed by atoms with Crippen molar-refractivity contribution in [3.05, 3.63) is 23.2 Å². The summed E-state index contributed by atoms with van der Waals surface area (Å²) in [6, 6.07) is 4.32. The molecule has 0 spiro atoms. The Kier molecular flexibility index (Phi) is 5.78. The van der Waals surface area contributed by atoms with Gasteiger partial charge in [-0.1, -0.05) is 18.5 Å². The third kappa shape index (κ3) is 4.05. The average molecular weight is 309 g/mol. The number of rotatable bonds is 6.